The Bertz CT molecular complexity index is 721. The van der Waals surface area contributed by atoms with Crippen molar-refractivity contribution in [1.29, 1.82) is 0 Å². The zero-order chi connectivity index (χ0) is 16.8. The van der Waals surface area contributed by atoms with Gasteiger partial charge in [-0.25, -0.2) is 9.78 Å². The highest BCUT2D eigenvalue weighted by Crippen LogP contribution is 2.34. The van der Waals surface area contributed by atoms with Gasteiger partial charge in [0.25, 0.3) is 0 Å². The average molecular weight is 317 g/mol. The number of para-hydroxylation sites is 1. The molecule has 0 saturated carbocycles. The summed E-state index contributed by atoms with van der Waals surface area (Å²) in [6.07, 6.45) is -0.723. The van der Waals surface area contributed by atoms with Gasteiger partial charge in [-0.2, -0.15) is 0 Å². The van der Waals surface area contributed by atoms with Gasteiger partial charge in [-0.05, 0) is 19.1 Å². The average Bonchev–Trinajstić information content (AvgIpc) is 2.47. The Morgan fingerprint density at radius 1 is 1.39 bits per heavy atom. The molecular weight excluding hydrogens is 302 g/mol. The molecule has 9 heteroatoms. The third-order valence-corrected chi connectivity index (χ3v) is 2.76. The number of benzene rings is 1. The maximum absolute atomic E-state index is 11.4. The smallest absolute Gasteiger partial charge is 0.412 e. The maximum Gasteiger partial charge on any atom is 0.412 e. The van der Waals surface area contributed by atoms with Gasteiger partial charge in [0.15, 0.2) is 0 Å². The summed E-state index contributed by atoms with van der Waals surface area (Å²) in [5.41, 5.74) is 6.01. The van der Waals surface area contributed by atoms with Gasteiger partial charge < -0.3 is 15.8 Å². The van der Waals surface area contributed by atoms with Crippen LogP contribution in [0.1, 0.15) is 6.92 Å². The van der Waals surface area contributed by atoms with Crippen molar-refractivity contribution < 1.29 is 14.5 Å². The van der Waals surface area contributed by atoms with Gasteiger partial charge in [-0.15, -0.1) is 0 Å². The number of anilines is 4. The number of hydrogen-bond acceptors (Lipinski definition) is 7. The van der Waals surface area contributed by atoms with Gasteiger partial charge in [0.05, 0.1) is 11.5 Å². The van der Waals surface area contributed by atoms with Crippen molar-refractivity contribution in [1.82, 2.24) is 4.98 Å². The van der Waals surface area contributed by atoms with E-state index < -0.39 is 11.0 Å². The van der Waals surface area contributed by atoms with Crippen molar-refractivity contribution in [2.24, 2.45) is 0 Å². The predicted molar refractivity (Wildman–Crippen MR) is 85.7 cm³/mol. The predicted octanol–water partition coefficient (Wildman–Crippen LogP) is 2.88. The first-order chi connectivity index (χ1) is 11.0. The second-order valence-electron chi connectivity index (χ2n) is 4.38. The van der Waals surface area contributed by atoms with Crippen LogP contribution in [0.15, 0.2) is 36.4 Å². The van der Waals surface area contributed by atoms with Crippen molar-refractivity contribution in [3.63, 3.8) is 0 Å². The third kappa shape index (κ3) is 4.06. The lowest BCUT2D eigenvalue weighted by molar-refractivity contribution is -0.383. The zero-order valence-electron chi connectivity index (χ0n) is 12.3. The molecule has 120 valence electrons. The molecule has 0 bridgehead atoms. The van der Waals surface area contributed by atoms with Gasteiger partial charge in [-0.3, -0.25) is 15.4 Å². The number of pyridine rings is 1. The van der Waals surface area contributed by atoms with E-state index in [9.17, 15) is 14.9 Å². The van der Waals surface area contributed by atoms with E-state index in [1.54, 1.807) is 31.2 Å². The fourth-order valence-corrected chi connectivity index (χ4v) is 1.86. The van der Waals surface area contributed by atoms with E-state index in [2.05, 4.69) is 15.6 Å². The molecule has 1 heterocycles. The summed E-state index contributed by atoms with van der Waals surface area (Å²) >= 11 is 0. The second-order valence-corrected chi connectivity index (χ2v) is 4.38. The molecule has 0 aliphatic carbocycles. The molecular formula is C14H15N5O4. The van der Waals surface area contributed by atoms with E-state index in [0.717, 1.165) is 0 Å². The first-order valence-corrected chi connectivity index (χ1v) is 6.72. The van der Waals surface area contributed by atoms with Crippen LogP contribution < -0.4 is 16.4 Å². The maximum atomic E-state index is 11.4. The van der Waals surface area contributed by atoms with Crippen LogP contribution in [0.25, 0.3) is 0 Å². The fourth-order valence-electron chi connectivity index (χ4n) is 1.86. The number of nitro groups is 1. The Kier molecular flexibility index (Phi) is 4.92. The van der Waals surface area contributed by atoms with E-state index in [1.165, 1.54) is 6.07 Å². The summed E-state index contributed by atoms with van der Waals surface area (Å²) in [6.45, 7) is 1.84. The minimum atomic E-state index is -0.723. The van der Waals surface area contributed by atoms with Crippen LogP contribution in [0.4, 0.5) is 33.5 Å². The van der Waals surface area contributed by atoms with Crippen LogP contribution in [-0.4, -0.2) is 22.6 Å². The van der Waals surface area contributed by atoms with E-state index in [4.69, 9.17) is 10.5 Å². The Hall–Kier alpha value is -3.36. The summed E-state index contributed by atoms with van der Waals surface area (Å²) < 4.78 is 4.74. The lowest BCUT2D eigenvalue weighted by atomic mass is 10.2. The second kappa shape index (κ2) is 7.07. The van der Waals surface area contributed by atoms with E-state index in [0.29, 0.717) is 5.69 Å². The molecule has 0 aliphatic rings. The van der Waals surface area contributed by atoms with E-state index >= 15 is 0 Å². The number of aromatic nitrogens is 1. The minimum Gasteiger partial charge on any atom is -0.450 e. The van der Waals surface area contributed by atoms with Crippen LogP contribution in [0.5, 0.6) is 0 Å². The topological polar surface area (TPSA) is 132 Å². The molecule has 4 N–H and O–H groups in total. The van der Waals surface area contributed by atoms with Crippen LogP contribution in [0.3, 0.4) is 0 Å². The number of carbonyl (C=O) groups is 1. The van der Waals surface area contributed by atoms with E-state index in [-0.39, 0.29) is 29.6 Å². The zero-order valence-corrected chi connectivity index (χ0v) is 12.3. The van der Waals surface area contributed by atoms with Gasteiger partial charge in [-0.1, -0.05) is 18.2 Å². The summed E-state index contributed by atoms with van der Waals surface area (Å²) in [5.74, 6) is -0.271. The van der Waals surface area contributed by atoms with Gasteiger partial charge in [0.1, 0.15) is 11.5 Å². The van der Waals surface area contributed by atoms with Crippen LogP contribution in [-0.2, 0) is 4.74 Å². The fraction of sp³-hybridized carbons (Fsp3) is 0.143. The standard InChI is InChI=1S/C14H15N5O4/c1-2-23-14(20)18-11-8-10(12(19(21)22)13(15)17-11)16-9-6-4-3-5-7-9/h3-8H,2H2,1H3,(H4,15,16,17,18,20). The Balaban J connectivity index is 2.38. The summed E-state index contributed by atoms with van der Waals surface area (Å²) in [4.78, 5) is 25.8. The van der Waals surface area contributed by atoms with Crippen LogP contribution in [0, 0.1) is 10.1 Å². The molecule has 0 unspecified atom stereocenters. The Morgan fingerprint density at radius 2 is 2.09 bits per heavy atom. The highest BCUT2D eigenvalue weighted by Gasteiger charge is 2.22. The molecule has 1 aromatic heterocycles. The summed E-state index contributed by atoms with van der Waals surface area (Å²) in [5, 5.41) is 16.4. The third-order valence-electron chi connectivity index (χ3n) is 2.76. The Morgan fingerprint density at radius 3 is 2.70 bits per heavy atom. The molecule has 1 aromatic carbocycles. The molecule has 1 amide bonds. The molecule has 0 atom stereocenters. The number of carbonyl (C=O) groups excluding carboxylic acids is 1. The number of nitrogens with one attached hydrogen (secondary N) is 2. The first kappa shape index (κ1) is 16.0. The van der Waals surface area contributed by atoms with Crippen molar-refractivity contribution in [2.75, 3.05) is 23.0 Å². The number of rotatable bonds is 5. The van der Waals surface area contributed by atoms with Crippen molar-refractivity contribution in [2.45, 2.75) is 6.92 Å². The van der Waals surface area contributed by atoms with Gasteiger partial charge in [0.2, 0.25) is 5.82 Å². The number of hydrogen-bond donors (Lipinski definition) is 3. The van der Waals surface area contributed by atoms with Gasteiger partial charge in [0, 0.05) is 11.8 Å². The van der Waals surface area contributed by atoms with Crippen LogP contribution >= 0.6 is 0 Å². The number of nitrogen functional groups attached to an aromatic ring is 1. The number of ether oxygens (including phenoxy) is 1. The number of amides is 1. The molecule has 0 aliphatic heterocycles. The largest absolute Gasteiger partial charge is 0.450 e. The molecule has 0 radical (unpaired) electrons. The summed E-state index contributed by atoms with van der Waals surface area (Å²) in [7, 11) is 0. The monoisotopic (exact) mass is 317 g/mol. The molecule has 0 saturated heterocycles. The van der Waals surface area contributed by atoms with Gasteiger partial charge >= 0.3 is 11.8 Å². The molecule has 2 rings (SSSR count). The molecule has 23 heavy (non-hydrogen) atoms. The van der Waals surface area contributed by atoms with Crippen molar-refractivity contribution >= 4 is 34.8 Å². The lowest BCUT2D eigenvalue weighted by Crippen LogP contribution is -2.15. The lowest BCUT2D eigenvalue weighted by Gasteiger charge is -2.11. The van der Waals surface area contributed by atoms with Crippen molar-refractivity contribution in [3.05, 3.63) is 46.5 Å². The molecule has 0 spiro atoms. The minimum absolute atomic E-state index is 0.0463. The Labute approximate surface area is 131 Å². The molecule has 2 aromatic rings. The van der Waals surface area contributed by atoms with Crippen molar-refractivity contribution in [3.8, 4) is 0 Å². The highest BCUT2D eigenvalue weighted by molar-refractivity contribution is 5.87. The first-order valence-electron chi connectivity index (χ1n) is 6.72. The molecule has 0 fully saturated rings. The SMILES string of the molecule is CCOC(=O)Nc1cc(Nc2ccccc2)c([N+](=O)[O-])c(N)n1. The highest BCUT2D eigenvalue weighted by atomic mass is 16.6. The quantitative estimate of drug-likeness (QED) is 0.570. The van der Waals surface area contributed by atoms with Crippen LogP contribution in [0.2, 0.25) is 0 Å². The normalized spacial score (nSPS) is 9.96. The number of nitrogens with two attached hydrogens (primary N) is 1. The molecule has 9 nitrogen and oxygen atoms in total. The van der Waals surface area contributed by atoms with E-state index in [1.807, 2.05) is 6.07 Å². The number of nitrogens with zero attached hydrogens (tertiary/aromatic N) is 2. The summed E-state index contributed by atoms with van der Waals surface area (Å²) in [6, 6.07) is 10.2.